The number of carbonyl (C=O) groups excluding carboxylic acids is 1. The molecule has 3 nitrogen and oxygen atoms in total. The zero-order valence-electron chi connectivity index (χ0n) is 11.5. The van der Waals surface area contributed by atoms with Crippen LogP contribution in [0.2, 0.25) is 0 Å². The summed E-state index contributed by atoms with van der Waals surface area (Å²) in [5, 5.41) is 6.37. The molecule has 1 rings (SSSR count). The predicted molar refractivity (Wildman–Crippen MR) is 76.4 cm³/mol. The van der Waals surface area contributed by atoms with Gasteiger partial charge in [-0.1, -0.05) is 31.2 Å². The molecule has 0 radical (unpaired) electrons. The molecule has 0 spiro atoms. The molecule has 1 amide bonds. The summed E-state index contributed by atoms with van der Waals surface area (Å²) in [6, 6.07) is 0. The smallest absolute Gasteiger partial charge is 0.223 e. The van der Waals surface area contributed by atoms with Gasteiger partial charge in [0, 0.05) is 12.5 Å². The molecular weight excluding hydrogens is 224 g/mol. The Morgan fingerprint density at radius 3 is 2.56 bits per heavy atom. The Morgan fingerprint density at radius 1 is 1.22 bits per heavy atom. The molecule has 102 valence electrons. The van der Waals surface area contributed by atoms with Gasteiger partial charge in [0.15, 0.2) is 0 Å². The van der Waals surface area contributed by atoms with Crippen LogP contribution >= 0.6 is 0 Å². The number of allylic oxidation sites excluding steroid dienone is 3. The Hall–Kier alpha value is -1.09. The summed E-state index contributed by atoms with van der Waals surface area (Å²) in [5.74, 6) is 0.438. The first-order valence-corrected chi connectivity index (χ1v) is 7.14. The maximum atomic E-state index is 12.0. The minimum atomic E-state index is 0.215. The van der Waals surface area contributed by atoms with Gasteiger partial charge >= 0.3 is 0 Å². The average Bonchev–Trinajstić information content (AvgIpc) is 2.33. The van der Waals surface area contributed by atoms with Crippen molar-refractivity contribution in [1.29, 1.82) is 0 Å². The summed E-state index contributed by atoms with van der Waals surface area (Å²) in [5.41, 5.74) is 0. The van der Waals surface area contributed by atoms with Crippen LogP contribution < -0.4 is 10.6 Å². The fraction of sp³-hybridized carbons (Fsp3) is 0.667. The van der Waals surface area contributed by atoms with Gasteiger partial charge in [-0.25, -0.2) is 0 Å². The molecular formula is C15H26N2O. The highest BCUT2D eigenvalue weighted by Crippen LogP contribution is 2.15. The molecule has 1 aliphatic heterocycles. The van der Waals surface area contributed by atoms with Crippen LogP contribution in [0.15, 0.2) is 24.3 Å². The average molecular weight is 250 g/mol. The minimum absolute atomic E-state index is 0.215. The SMILES string of the molecule is CC/C=C\C=C/CNC(=O)C1CCCNCCC1. The number of carbonyl (C=O) groups is 1. The van der Waals surface area contributed by atoms with E-state index in [0.29, 0.717) is 6.54 Å². The highest BCUT2D eigenvalue weighted by Gasteiger charge is 2.18. The van der Waals surface area contributed by atoms with Gasteiger partial charge in [-0.2, -0.15) is 0 Å². The van der Waals surface area contributed by atoms with Gasteiger partial charge in [0.05, 0.1) is 0 Å². The van der Waals surface area contributed by atoms with Crippen LogP contribution in [0.4, 0.5) is 0 Å². The van der Waals surface area contributed by atoms with Crippen LogP contribution in [0.3, 0.4) is 0 Å². The third-order valence-electron chi connectivity index (χ3n) is 3.20. The van der Waals surface area contributed by atoms with Crippen molar-refractivity contribution in [3.63, 3.8) is 0 Å². The van der Waals surface area contributed by atoms with Gasteiger partial charge in [-0.05, 0) is 45.2 Å². The molecule has 0 aliphatic carbocycles. The van der Waals surface area contributed by atoms with Crippen molar-refractivity contribution < 1.29 is 4.79 Å². The summed E-state index contributed by atoms with van der Waals surface area (Å²) in [4.78, 5) is 12.0. The number of amides is 1. The van der Waals surface area contributed by atoms with Gasteiger partial charge in [0.2, 0.25) is 5.91 Å². The molecule has 0 saturated carbocycles. The van der Waals surface area contributed by atoms with E-state index in [2.05, 4.69) is 23.6 Å². The summed E-state index contributed by atoms with van der Waals surface area (Å²) in [6.45, 7) is 4.84. The normalized spacial score (nSPS) is 18.9. The molecule has 0 unspecified atom stereocenters. The van der Waals surface area contributed by atoms with Gasteiger partial charge in [0.1, 0.15) is 0 Å². The van der Waals surface area contributed by atoms with E-state index in [0.717, 1.165) is 45.2 Å². The second-order valence-corrected chi connectivity index (χ2v) is 4.74. The predicted octanol–water partition coefficient (Wildman–Crippen LogP) is 2.40. The largest absolute Gasteiger partial charge is 0.352 e. The summed E-state index contributed by atoms with van der Waals surface area (Å²) in [7, 11) is 0. The van der Waals surface area contributed by atoms with E-state index in [1.165, 1.54) is 0 Å². The summed E-state index contributed by atoms with van der Waals surface area (Å²) < 4.78 is 0. The third-order valence-corrected chi connectivity index (χ3v) is 3.20. The molecule has 0 atom stereocenters. The standard InChI is InChI=1S/C15H26N2O/c1-2-3-4-5-6-13-17-15(18)14-9-7-11-16-12-8-10-14/h3-6,14,16H,2,7-13H2,1H3,(H,17,18)/b4-3-,6-5-. The van der Waals surface area contributed by atoms with Crippen molar-refractivity contribution in [1.82, 2.24) is 10.6 Å². The number of hydrogen-bond donors (Lipinski definition) is 2. The Labute approximate surface area is 111 Å². The molecule has 1 fully saturated rings. The number of rotatable bonds is 5. The molecule has 18 heavy (non-hydrogen) atoms. The molecule has 3 heteroatoms. The summed E-state index contributed by atoms with van der Waals surface area (Å²) >= 11 is 0. The van der Waals surface area contributed by atoms with Crippen LogP contribution in [0.1, 0.15) is 39.0 Å². The van der Waals surface area contributed by atoms with E-state index in [1.807, 2.05) is 18.2 Å². The highest BCUT2D eigenvalue weighted by atomic mass is 16.1. The van der Waals surface area contributed by atoms with Crippen molar-refractivity contribution in [3.8, 4) is 0 Å². The van der Waals surface area contributed by atoms with Gasteiger partial charge < -0.3 is 10.6 Å². The van der Waals surface area contributed by atoms with Crippen LogP contribution in [0, 0.1) is 5.92 Å². The lowest BCUT2D eigenvalue weighted by Crippen LogP contribution is -2.33. The van der Waals surface area contributed by atoms with Gasteiger partial charge in [-0.3, -0.25) is 4.79 Å². The zero-order chi connectivity index (χ0) is 13.1. The zero-order valence-corrected chi connectivity index (χ0v) is 11.5. The molecule has 1 aliphatic rings. The van der Waals surface area contributed by atoms with Crippen LogP contribution in [-0.2, 0) is 4.79 Å². The van der Waals surface area contributed by atoms with Crippen LogP contribution in [0.5, 0.6) is 0 Å². The number of hydrogen-bond acceptors (Lipinski definition) is 2. The molecule has 1 saturated heterocycles. The second kappa shape index (κ2) is 9.89. The fourth-order valence-electron chi connectivity index (χ4n) is 2.14. The third kappa shape index (κ3) is 6.60. The van der Waals surface area contributed by atoms with E-state index in [9.17, 15) is 4.79 Å². The lowest BCUT2D eigenvalue weighted by atomic mass is 9.95. The molecule has 0 aromatic rings. The topological polar surface area (TPSA) is 41.1 Å². The first kappa shape index (κ1) is 15.0. The molecule has 2 N–H and O–H groups in total. The molecule has 0 aromatic heterocycles. The Bertz CT molecular complexity index is 276. The fourth-order valence-corrected chi connectivity index (χ4v) is 2.14. The molecule has 0 aromatic carbocycles. The van der Waals surface area contributed by atoms with Gasteiger partial charge in [0.25, 0.3) is 0 Å². The highest BCUT2D eigenvalue weighted by molar-refractivity contribution is 5.78. The van der Waals surface area contributed by atoms with E-state index in [-0.39, 0.29) is 11.8 Å². The maximum absolute atomic E-state index is 12.0. The second-order valence-electron chi connectivity index (χ2n) is 4.74. The lowest BCUT2D eigenvalue weighted by Gasteiger charge is -2.19. The van der Waals surface area contributed by atoms with Crippen LogP contribution in [0.25, 0.3) is 0 Å². The van der Waals surface area contributed by atoms with Gasteiger partial charge in [-0.15, -0.1) is 0 Å². The summed E-state index contributed by atoms with van der Waals surface area (Å²) in [6.07, 6.45) is 13.4. The monoisotopic (exact) mass is 250 g/mol. The van der Waals surface area contributed by atoms with E-state index < -0.39 is 0 Å². The minimum Gasteiger partial charge on any atom is -0.352 e. The van der Waals surface area contributed by atoms with E-state index >= 15 is 0 Å². The van der Waals surface area contributed by atoms with E-state index in [4.69, 9.17) is 0 Å². The lowest BCUT2D eigenvalue weighted by molar-refractivity contribution is -0.125. The van der Waals surface area contributed by atoms with Crippen molar-refractivity contribution in [2.75, 3.05) is 19.6 Å². The Kier molecular flexibility index (Phi) is 8.23. The van der Waals surface area contributed by atoms with Crippen molar-refractivity contribution in [3.05, 3.63) is 24.3 Å². The molecule has 0 bridgehead atoms. The Balaban J connectivity index is 2.21. The van der Waals surface area contributed by atoms with Crippen LogP contribution in [-0.4, -0.2) is 25.5 Å². The first-order valence-electron chi connectivity index (χ1n) is 7.14. The van der Waals surface area contributed by atoms with Crippen molar-refractivity contribution in [2.45, 2.75) is 39.0 Å². The van der Waals surface area contributed by atoms with Crippen molar-refractivity contribution >= 4 is 5.91 Å². The van der Waals surface area contributed by atoms with Crippen molar-refractivity contribution in [2.24, 2.45) is 5.92 Å². The first-order chi connectivity index (χ1) is 8.84. The quantitative estimate of drug-likeness (QED) is 0.736. The molecule has 1 heterocycles. The maximum Gasteiger partial charge on any atom is 0.223 e. The number of nitrogens with one attached hydrogen (secondary N) is 2. The Morgan fingerprint density at radius 2 is 1.89 bits per heavy atom. The van der Waals surface area contributed by atoms with E-state index in [1.54, 1.807) is 0 Å².